The number of nitrogens with zero attached hydrogens (tertiary/aromatic N) is 6. The zero-order valence-corrected chi connectivity index (χ0v) is 11.5. The molecule has 0 aromatic carbocycles. The van der Waals surface area contributed by atoms with Crippen molar-refractivity contribution in [2.24, 2.45) is 0 Å². The summed E-state index contributed by atoms with van der Waals surface area (Å²) in [5.74, 6) is 1.36. The van der Waals surface area contributed by atoms with E-state index < -0.39 is 5.82 Å². The standard InChI is InChI=1S/C12H16FN7/c1-8-16-9(2)20(18-8)11-10(13)7-15-12(17-11)19-5-3-14-4-6-19/h7,14H,3-6H2,1-2H3. The summed E-state index contributed by atoms with van der Waals surface area (Å²) in [6.07, 6.45) is 1.19. The largest absolute Gasteiger partial charge is 0.338 e. The van der Waals surface area contributed by atoms with E-state index in [1.165, 1.54) is 10.9 Å². The predicted octanol–water partition coefficient (Wildman–Crippen LogP) is 0.223. The van der Waals surface area contributed by atoms with Gasteiger partial charge in [-0.05, 0) is 13.8 Å². The van der Waals surface area contributed by atoms with Crippen molar-refractivity contribution in [1.29, 1.82) is 0 Å². The van der Waals surface area contributed by atoms with Gasteiger partial charge in [0.25, 0.3) is 0 Å². The van der Waals surface area contributed by atoms with Gasteiger partial charge in [0.15, 0.2) is 11.6 Å². The number of nitrogens with one attached hydrogen (secondary N) is 1. The smallest absolute Gasteiger partial charge is 0.227 e. The molecule has 0 unspecified atom stereocenters. The molecular formula is C12H16FN7. The first kappa shape index (κ1) is 12.9. The zero-order valence-electron chi connectivity index (χ0n) is 11.5. The number of hydrogen-bond donors (Lipinski definition) is 1. The van der Waals surface area contributed by atoms with Crippen LogP contribution in [0.2, 0.25) is 0 Å². The van der Waals surface area contributed by atoms with Crippen molar-refractivity contribution in [2.75, 3.05) is 31.1 Å². The number of rotatable bonds is 2. The second kappa shape index (κ2) is 5.12. The van der Waals surface area contributed by atoms with Crippen LogP contribution in [0.25, 0.3) is 5.82 Å². The van der Waals surface area contributed by atoms with E-state index >= 15 is 0 Å². The number of piperazine rings is 1. The van der Waals surface area contributed by atoms with Gasteiger partial charge in [-0.3, -0.25) is 0 Å². The summed E-state index contributed by atoms with van der Waals surface area (Å²) >= 11 is 0. The highest BCUT2D eigenvalue weighted by Gasteiger charge is 2.18. The maximum Gasteiger partial charge on any atom is 0.227 e. The number of halogens is 1. The first-order valence-electron chi connectivity index (χ1n) is 6.54. The molecule has 7 nitrogen and oxygen atoms in total. The molecule has 0 aliphatic carbocycles. The molecule has 3 rings (SSSR count). The molecule has 2 aromatic rings. The van der Waals surface area contributed by atoms with Gasteiger partial charge >= 0.3 is 0 Å². The Kier molecular flexibility index (Phi) is 3.31. The molecule has 2 aromatic heterocycles. The minimum atomic E-state index is -0.503. The Morgan fingerprint density at radius 3 is 2.60 bits per heavy atom. The Balaban J connectivity index is 2.00. The molecule has 1 N–H and O–H groups in total. The first-order chi connectivity index (χ1) is 9.65. The van der Waals surface area contributed by atoms with Crippen LogP contribution >= 0.6 is 0 Å². The van der Waals surface area contributed by atoms with Crippen molar-refractivity contribution in [3.05, 3.63) is 23.7 Å². The van der Waals surface area contributed by atoms with Gasteiger partial charge in [0.1, 0.15) is 11.6 Å². The van der Waals surface area contributed by atoms with E-state index in [-0.39, 0.29) is 5.82 Å². The number of aryl methyl sites for hydroxylation is 2. The third-order valence-corrected chi connectivity index (χ3v) is 3.19. The summed E-state index contributed by atoms with van der Waals surface area (Å²) in [5, 5.41) is 7.43. The molecule has 8 heteroatoms. The molecule has 1 aliphatic rings. The van der Waals surface area contributed by atoms with Crippen LogP contribution in [0.4, 0.5) is 10.3 Å². The molecular weight excluding hydrogens is 261 g/mol. The molecule has 0 radical (unpaired) electrons. The van der Waals surface area contributed by atoms with E-state index in [0.717, 1.165) is 26.2 Å². The van der Waals surface area contributed by atoms with Crippen molar-refractivity contribution in [3.63, 3.8) is 0 Å². The highest BCUT2D eigenvalue weighted by Crippen LogP contribution is 2.15. The summed E-state index contributed by atoms with van der Waals surface area (Å²) in [6.45, 7) is 6.89. The quantitative estimate of drug-likeness (QED) is 0.847. The maximum atomic E-state index is 14.0. The molecule has 0 amide bonds. The van der Waals surface area contributed by atoms with Gasteiger partial charge in [-0.25, -0.2) is 14.4 Å². The molecule has 1 aliphatic heterocycles. The van der Waals surface area contributed by atoms with Crippen LogP contribution in [-0.2, 0) is 0 Å². The topological polar surface area (TPSA) is 71.8 Å². The first-order valence-corrected chi connectivity index (χ1v) is 6.54. The van der Waals surface area contributed by atoms with Gasteiger partial charge in [0, 0.05) is 26.2 Å². The van der Waals surface area contributed by atoms with Gasteiger partial charge in [0.05, 0.1) is 6.20 Å². The monoisotopic (exact) mass is 277 g/mol. The van der Waals surface area contributed by atoms with Crippen LogP contribution in [0.3, 0.4) is 0 Å². The summed E-state index contributed by atoms with van der Waals surface area (Å²) in [7, 11) is 0. The summed E-state index contributed by atoms with van der Waals surface area (Å²) in [6, 6.07) is 0. The van der Waals surface area contributed by atoms with E-state index in [0.29, 0.717) is 17.6 Å². The van der Waals surface area contributed by atoms with E-state index in [1.807, 2.05) is 4.90 Å². The van der Waals surface area contributed by atoms with E-state index in [1.54, 1.807) is 13.8 Å². The highest BCUT2D eigenvalue weighted by atomic mass is 19.1. The van der Waals surface area contributed by atoms with Gasteiger partial charge < -0.3 is 10.2 Å². The van der Waals surface area contributed by atoms with Crippen molar-refractivity contribution in [2.45, 2.75) is 13.8 Å². The molecule has 0 atom stereocenters. The van der Waals surface area contributed by atoms with Crippen molar-refractivity contribution in [3.8, 4) is 5.82 Å². The lowest BCUT2D eigenvalue weighted by atomic mass is 10.4. The lowest BCUT2D eigenvalue weighted by Crippen LogP contribution is -2.44. The fourth-order valence-corrected chi connectivity index (χ4v) is 2.24. The van der Waals surface area contributed by atoms with Crippen LogP contribution < -0.4 is 10.2 Å². The molecule has 1 saturated heterocycles. The number of aromatic nitrogens is 5. The number of anilines is 1. The van der Waals surface area contributed by atoms with Gasteiger partial charge in [-0.2, -0.15) is 9.67 Å². The molecule has 1 fully saturated rings. The second-order valence-electron chi connectivity index (χ2n) is 4.70. The SMILES string of the molecule is Cc1nc(C)n(-c2nc(N3CCNCC3)ncc2F)n1. The fourth-order valence-electron chi connectivity index (χ4n) is 2.24. The average Bonchev–Trinajstić information content (AvgIpc) is 2.79. The van der Waals surface area contributed by atoms with Gasteiger partial charge in [-0.1, -0.05) is 0 Å². The van der Waals surface area contributed by atoms with Crippen LogP contribution in [0.1, 0.15) is 11.6 Å². The fraction of sp³-hybridized carbons (Fsp3) is 0.500. The Morgan fingerprint density at radius 1 is 1.20 bits per heavy atom. The minimum absolute atomic E-state index is 0.145. The Bertz CT molecular complexity index is 618. The van der Waals surface area contributed by atoms with E-state index in [2.05, 4.69) is 25.4 Å². The Hall–Kier alpha value is -2.09. The Morgan fingerprint density at radius 2 is 1.95 bits per heavy atom. The predicted molar refractivity (Wildman–Crippen MR) is 71.5 cm³/mol. The number of hydrogen-bond acceptors (Lipinski definition) is 6. The summed E-state index contributed by atoms with van der Waals surface area (Å²) < 4.78 is 15.4. The minimum Gasteiger partial charge on any atom is -0.338 e. The lowest BCUT2D eigenvalue weighted by Gasteiger charge is -2.27. The van der Waals surface area contributed by atoms with Crippen molar-refractivity contribution in [1.82, 2.24) is 30.0 Å². The maximum absolute atomic E-state index is 14.0. The van der Waals surface area contributed by atoms with Crippen LogP contribution in [0.5, 0.6) is 0 Å². The highest BCUT2D eigenvalue weighted by molar-refractivity contribution is 5.36. The van der Waals surface area contributed by atoms with Crippen LogP contribution in [0.15, 0.2) is 6.20 Å². The second-order valence-corrected chi connectivity index (χ2v) is 4.70. The molecule has 0 saturated carbocycles. The molecule has 20 heavy (non-hydrogen) atoms. The summed E-state index contributed by atoms with van der Waals surface area (Å²) in [4.78, 5) is 14.6. The van der Waals surface area contributed by atoms with Gasteiger partial charge in [-0.15, -0.1) is 5.10 Å². The van der Waals surface area contributed by atoms with Crippen molar-refractivity contribution >= 4 is 5.95 Å². The lowest BCUT2D eigenvalue weighted by molar-refractivity contribution is 0.563. The zero-order chi connectivity index (χ0) is 14.1. The van der Waals surface area contributed by atoms with Crippen LogP contribution in [-0.4, -0.2) is 50.9 Å². The normalized spacial score (nSPS) is 15.7. The Labute approximate surface area is 115 Å². The molecule has 0 bridgehead atoms. The van der Waals surface area contributed by atoms with E-state index in [9.17, 15) is 4.39 Å². The third-order valence-electron chi connectivity index (χ3n) is 3.19. The van der Waals surface area contributed by atoms with Crippen LogP contribution in [0, 0.1) is 19.7 Å². The molecule has 3 heterocycles. The average molecular weight is 277 g/mol. The molecule has 106 valence electrons. The summed E-state index contributed by atoms with van der Waals surface area (Å²) in [5.41, 5.74) is 0. The van der Waals surface area contributed by atoms with Crippen molar-refractivity contribution < 1.29 is 4.39 Å². The third kappa shape index (κ3) is 2.34. The molecule has 0 spiro atoms. The van der Waals surface area contributed by atoms with E-state index in [4.69, 9.17) is 0 Å². The van der Waals surface area contributed by atoms with Gasteiger partial charge in [0.2, 0.25) is 5.95 Å².